The van der Waals surface area contributed by atoms with E-state index in [0.717, 1.165) is 34.4 Å². The van der Waals surface area contributed by atoms with Gasteiger partial charge in [0.15, 0.2) is 0 Å². The summed E-state index contributed by atoms with van der Waals surface area (Å²) in [5.74, 6) is 0.773. The number of nitrogens with zero attached hydrogens (tertiary/aromatic N) is 1. The minimum absolute atomic E-state index is 0.0403. The summed E-state index contributed by atoms with van der Waals surface area (Å²) in [4.78, 5) is 11.8. The Hall–Kier alpha value is -3.53. The van der Waals surface area contributed by atoms with Gasteiger partial charge >= 0.3 is 0 Å². The molecule has 0 saturated heterocycles. The number of hydrogen-bond donors (Lipinski definition) is 1. The molecule has 2 aromatic carbocycles. The molecule has 1 unspecified atom stereocenters. The molecule has 146 valence electrons. The van der Waals surface area contributed by atoms with E-state index in [-0.39, 0.29) is 11.9 Å². The molecule has 2 heterocycles. The summed E-state index contributed by atoms with van der Waals surface area (Å²) >= 11 is 0. The Morgan fingerprint density at radius 2 is 1.72 bits per heavy atom. The van der Waals surface area contributed by atoms with E-state index in [1.165, 1.54) is 0 Å². The van der Waals surface area contributed by atoms with Crippen LogP contribution >= 0.6 is 0 Å². The molecule has 1 N–H and O–H groups in total. The molecule has 0 radical (unpaired) electrons. The molecule has 4 nitrogen and oxygen atoms in total. The zero-order valence-electron chi connectivity index (χ0n) is 16.4. The Balaban J connectivity index is 1.47. The van der Waals surface area contributed by atoms with Gasteiger partial charge < -0.3 is 14.5 Å². The highest BCUT2D eigenvalue weighted by Crippen LogP contribution is 2.23. The van der Waals surface area contributed by atoms with Crippen LogP contribution in [0.3, 0.4) is 0 Å². The zero-order valence-corrected chi connectivity index (χ0v) is 16.4. The van der Waals surface area contributed by atoms with Gasteiger partial charge in [-0.3, -0.25) is 4.79 Å². The van der Waals surface area contributed by atoms with E-state index in [2.05, 4.69) is 34.1 Å². The van der Waals surface area contributed by atoms with Crippen LogP contribution in [-0.2, 0) is 17.8 Å². The molecule has 1 amide bonds. The smallest absolute Gasteiger partial charge is 0.217 e. The van der Waals surface area contributed by atoms with E-state index >= 15 is 0 Å². The van der Waals surface area contributed by atoms with Crippen molar-refractivity contribution >= 4 is 11.4 Å². The van der Waals surface area contributed by atoms with Crippen molar-refractivity contribution in [3.05, 3.63) is 108 Å². The Labute approximate surface area is 170 Å². The highest BCUT2D eigenvalue weighted by molar-refractivity contribution is 5.73. The second-order valence-corrected chi connectivity index (χ2v) is 7.18. The summed E-state index contributed by atoms with van der Waals surface area (Å²) in [6.07, 6.45) is 4.87. The minimum Gasteiger partial charge on any atom is -0.489 e. The van der Waals surface area contributed by atoms with Crippen molar-refractivity contribution in [1.29, 1.82) is 0 Å². The number of amides is 1. The number of rotatable bonds is 7. The van der Waals surface area contributed by atoms with Crippen LogP contribution in [0.15, 0.2) is 91.3 Å². The van der Waals surface area contributed by atoms with Gasteiger partial charge in [0.2, 0.25) is 5.91 Å². The van der Waals surface area contributed by atoms with Crippen LogP contribution in [0, 0.1) is 0 Å². The summed E-state index contributed by atoms with van der Waals surface area (Å²) in [5.41, 5.74) is 4.51. The lowest BCUT2D eigenvalue weighted by molar-refractivity contribution is -0.119. The summed E-state index contributed by atoms with van der Waals surface area (Å²) in [6, 6.07) is 26.3. The molecule has 0 spiro atoms. The van der Waals surface area contributed by atoms with E-state index in [1.54, 1.807) is 6.92 Å². The topological polar surface area (TPSA) is 42.7 Å². The fourth-order valence-electron chi connectivity index (χ4n) is 3.47. The third-order valence-corrected chi connectivity index (χ3v) is 4.93. The van der Waals surface area contributed by atoms with Crippen molar-refractivity contribution in [2.45, 2.75) is 26.0 Å². The number of fused-ring (bicyclic) bond motifs is 1. The van der Waals surface area contributed by atoms with E-state index < -0.39 is 0 Å². The fourth-order valence-corrected chi connectivity index (χ4v) is 3.47. The molecule has 0 aliphatic rings. The van der Waals surface area contributed by atoms with Crippen LogP contribution in [0.1, 0.15) is 29.7 Å². The summed E-state index contributed by atoms with van der Waals surface area (Å²) in [5, 5.41) is 3.07. The van der Waals surface area contributed by atoms with Crippen LogP contribution in [0.4, 0.5) is 0 Å². The third-order valence-electron chi connectivity index (χ3n) is 4.93. The van der Waals surface area contributed by atoms with E-state index in [4.69, 9.17) is 4.74 Å². The second-order valence-electron chi connectivity index (χ2n) is 7.18. The molecule has 2 aromatic heterocycles. The molecule has 0 saturated carbocycles. The maximum absolute atomic E-state index is 11.8. The first kappa shape index (κ1) is 18.8. The molecular weight excluding hydrogens is 360 g/mol. The molecule has 0 aliphatic heterocycles. The van der Waals surface area contributed by atoms with Gasteiger partial charge in [-0.05, 0) is 53.4 Å². The number of nitrogens with one attached hydrogen (secondary N) is 1. The number of ether oxygens (including phenoxy) is 1. The van der Waals surface area contributed by atoms with Crippen LogP contribution in [0.2, 0.25) is 0 Å². The molecule has 0 fully saturated rings. The van der Waals surface area contributed by atoms with Gasteiger partial charge in [0.25, 0.3) is 0 Å². The molecule has 1 atom stereocenters. The normalized spacial score (nSPS) is 11.9. The van der Waals surface area contributed by atoms with Crippen LogP contribution in [-0.4, -0.2) is 10.3 Å². The average molecular weight is 384 g/mol. The number of carbonyl (C=O) groups excluding carboxylic acids is 1. The molecule has 4 rings (SSSR count). The Morgan fingerprint density at radius 1 is 0.931 bits per heavy atom. The lowest BCUT2D eigenvalue weighted by Gasteiger charge is -2.19. The highest BCUT2D eigenvalue weighted by Gasteiger charge is 2.14. The van der Waals surface area contributed by atoms with Crippen molar-refractivity contribution in [2.75, 3.05) is 0 Å². The van der Waals surface area contributed by atoms with E-state index in [9.17, 15) is 4.79 Å². The second kappa shape index (κ2) is 8.65. The van der Waals surface area contributed by atoms with Gasteiger partial charge in [0.05, 0.1) is 6.04 Å². The van der Waals surface area contributed by atoms with Gasteiger partial charge in [0.1, 0.15) is 12.4 Å². The standard InChI is InChI=1S/C25H24N2O2/c1-19(28)26-25(16-21-9-12-23-8-5-15-27(23)17-21)22-10-13-24(14-11-22)29-18-20-6-3-2-4-7-20/h2-15,17,25H,16,18H2,1H3,(H,26,28). The first-order valence-electron chi connectivity index (χ1n) is 9.77. The van der Waals surface area contributed by atoms with Crippen molar-refractivity contribution in [3.63, 3.8) is 0 Å². The minimum atomic E-state index is -0.0938. The SMILES string of the molecule is CC(=O)NC(Cc1ccc2cccn2c1)c1ccc(OCc2ccccc2)cc1. The zero-order chi connectivity index (χ0) is 20.1. The van der Waals surface area contributed by atoms with Crippen LogP contribution in [0.25, 0.3) is 5.52 Å². The lowest BCUT2D eigenvalue weighted by Crippen LogP contribution is -2.27. The molecule has 29 heavy (non-hydrogen) atoms. The van der Waals surface area contributed by atoms with Crippen LogP contribution < -0.4 is 10.1 Å². The monoisotopic (exact) mass is 384 g/mol. The highest BCUT2D eigenvalue weighted by atomic mass is 16.5. The van der Waals surface area contributed by atoms with Crippen LogP contribution in [0.5, 0.6) is 5.75 Å². The number of pyridine rings is 1. The van der Waals surface area contributed by atoms with Gasteiger partial charge in [-0.15, -0.1) is 0 Å². The van der Waals surface area contributed by atoms with E-state index in [0.29, 0.717) is 6.61 Å². The first-order valence-corrected chi connectivity index (χ1v) is 9.77. The Kier molecular flexibility index (Phi) is 5.61. The van der Waals surface area contributed by atoms with Crippen molar-refractivity contribution < 1.29 is 9.53 Å². The van der Waals surface area contributed by atoms with Gasteiger partial charge in [0, 0.05) is 24.8 Å². The van der Waals surface area contributed by atoms with Gasteiger partial charge in [-0.25, -0.2) is 0 Å². The van der Waals surface area contributed by atoms with Gasteiger partial charge in [-0.1, -0.05) is 48.5 Å². The average Bonchev–Trinajstić information content (AvgIpc) is 3.20. The molecule has 4 aromatic rings. The lowest BCUT2D eigenvalue weighted by atomic mass is 9.99. The molecule has 0 bridgehead atoms. The quantitative estimate of drug-likeness (QED) is 0.490. The molecule has 4 heteroatoms. The summed E-state index contributed by atoms with van der Waals surface area (Å²) in [7, 11) is 0. The molecule has 0 aliphatic carbocycles. The van der Waals surface area contributed by atoms with Crippen molar-refractivity contribution in [2.24, 2.45) is 0 Å². The fraction of sp³-hybridized carbons (Fsp3) is 0.160. The summed E-state index contributed by atoms with van der Waals surface area (Å²) < 4.78 is 7.97. The van der Waals surface area contributed by atoms with Gasteiger partial charge in [-0.2, -0.15) is 0 Å². The maximum Gasteiger partial charge on any atom is 0.217 e. The van der Waals surface area contributed by atoms with Crippen molar-refractivity contribution in [3.8, 4) is 5.75 Å². The third kappa shape index (κ3) is 4.85. The van der Waals surface area contributed by atoms with E-state index in [1.807, 2.05) is 66.9 Å². The summed E-state index contributed by atoms with van der Waals surface area (Å²) in [6.45, 7) is 2.09. The predicted molar refractivity (Wildman–Crippen MR) is 115 cm³/mol. The Bertz CT molecular complexity index is 1080. The first-order chi connectivity index (χ1) is 14.2. The Morgan fingerprint density at radius 3 is 2.48 bits per heavy atom. The maximum atomic E-state index is 11.8. The molecular formula is C25H24N2O2. The number of carbonyl (C=O) groups is 1. The largest absolute Gasteiger partial charge is 0.489 e. The van der Waals surface area contributed by atoms with Crippen molar-refractivity contribution in [1.82, 2.24) is 9.72 Å². The number of hydrogen-bond acceptors (Lipinski definition) is 2. The number of aromatic nitrogens is 1. The predicted octanol–water partition coefficient (Wildman–Crippen LogP) is 4.94. The number of benzene rings is 2.